The summed E-state index contributed by atoms with van der Waals surface area (Å²) in [6.45, 7) is 0. The molecule has 102 valence electrons. The van der Waals surface area contributed by atoms with Crippen LogP contribution >= 0.6 is 0 Å². The minimum Gasteiger partial charge on any atom is -0.478 e. The summed E-state index contributed by atoms with van der Waals surface area (Å²) in [6, 6.07) is 11.9. The Morgan fingerprint density at radius 1 is 1.10 bits per heavy atom. The van der Waals surface area contributed by atoms with Gasteiger partial charge in [0, 0.05) is 10.8 Å². The highest BCUT2D eigenvalue weighted by atomic mass is 16.4. The predicted octanol–water partition coefficient (Wildman–Crippen LogP) is 3.13. The number of nitrogens with one attached hydrogen (secondary N) is 1. The second-order valence-electron chi connectivity index (χ2n) is 4.82. The van der Waals surface area contributed by atoms with E-state index in [1.165, 1.54) is 12.1 Å². The highest BCUT2D eigenvalue weighted by Crippen LogP contribution is 2.30. The number of hydrogen-bond donors (Lipinski definition) is 2. The fourth-order valence-corrected chi connectivity index (χ4v) is 2.62. The maximum Gasteiger partial charge on any atom is 0.335 e. The number of carbonyl (C=O) groups is 1. The molecule has 0 atom stereocenters. The molecular formula is C16H9NO4. The number of pyridine rings is 1. The molecule has 4 rings (SSSR count). The topological polar surface area (TPSA) is 83.3 Å². The Balaban J connectivity index is 2.24. The van der Waals surface area contributed by atoms with Crippen molar-refractivity contribution < 1.29 is 14.3 Å². The second kappa shape index (κ2) is 3.96. The van der Waals surface area contributed by atoms with E-state index < -0.39 is 5.97 Å². The third kappa shape index (κ3) is 1.57. The van der Waals surface area contributed by atoms with Crippen LogP contribution < -0.4 is 5.56 Å². The van der Waals surface area contributed by atoms with Gasteiger partial charge in [0.2, 0.25) is 0 Å². The van der Waals surface area contributed by atoms with Crippen LogP contribution in [0.3, 0.4) is 0 Å². The molecule has 2 N–H and O–H groups in total. The molecule has 0 saturated heterocycles. The van der Waals surface area contributed by atoms with Crippen molar-refractivity contribution in [1.29, 1.82) is 0 Å². The Morgan fingerprint density at radius 3 is 2.71 bits per heavy atom. The number of hydrogen-bond acceptors (Lipinski definition) is 3. The van der Waals surface area contributed by atoms with Crippen molar-refractivity contribution in [1.82, 2.24) is 4.98 Å². The highest BCUT2D eigenvalue weighted by molar-refractivity contribution is 6.14. The molecular weight excluding hydrogens is 270 g/mol. The molecule has 2 aromatic heterocycles. The monoisotopic (exact) mass is 279 g/mol. The van der Waals surface area contributed by atoms with E-state index in [-0.39, 0.29) is 11.1 Å². The summed E-state index contributed by atoms with van der Waals surface area (Å²) in [5, 5.41) is 10.9. The van der Waals surface area contributed by atoms with E-state index in [0.29, 0.717) is 27.5 Å². The van der Waals surface area contributed by atoms with Crippen molar-refractivity contribution in [3.8, 4) is 0 Å². The summed E-state index contributed by atoms with van der Waals surface area (Å²) in [6.07, 6.45) is 0. The number of carboxylic acid groups (broad SMARTS) is 1. The number of H-pyrrole nitrogens is 1. The van der Waals surface area contributed by atoms with Crippen LogP contribution in [0.5, 0.6) is 0 Å². The van der Waals surface area contributed by atoms with Gasteiger partial charge in [0.15, 0.2) is 0 Å². The first-order valence-corrected chi connectivity index (χ1v) is 6.36. The average Bonchev–Trinajstić information content (AvgIpc) is 2.86. The van der Waals surface area contributed by atoms with Crippen molar-refractivity contribution >= 4 is 38.8 Å². The Kier molecular flexibility index (Phi) is 2.21. The van der Waals surface area contributed by atoms with E-state index in [2.05, 4.69) is 4.98 Å². The molecule has 0 unspecified atom stereocenters. The lowest BCUT2D eigenvalue weighted by molar-refractivity contribution is 0.0697. The Bertz CT molecular complexity index is 1090. The van der Waals surface area contributed by atoms with Gasteiger partial charge >= 0.3 is 5.97 Å². The van der Waals surface area contributed by atoms with Gasteiger partial charge in [-0.05, 0) is 24.3 Å². The van der Waals surface area contributed by atoms with Gasteiger partial charge in [0.05, 0.1) is 16.5 Å². The molecule has 0 spiro atoms. The van der Waals surface area contributed by atoms with Gasteiger partial charge in [-0.3, -0.25) is 4.79 Å². The number of aromatic carboxylic acids is 1. The fourth-order valence-electron chi connectivity index (χ4n) is 2.62. The number of carboxylic acids is 1. The third-order valence-electron chi connectivity index (χ3n) is 3.58. The lowest BCUT2D eigenvalue weighted by Crippen LogP contribution is -2.06. The first-order valence-electron chi connectivity index (χ1n) is 6.36. The van der Waals surface area contributed by atoms with Crippen LogP contribution in [0, 0.1) is 0 Å². The Morgan fingerprint density at radius 2 is 1.90 bits per heavy atom. The molecule has 0 bridgehead atoms. The molecule has 5 nitrogen and oxygen atoms in total. The zero-order valence-electron chi connectivity index (χ0n) is 10.7. The van der Waals surface area contributed by atoms with Crippen LogP contribution in [0.2, 0.25) is 0 Å². The molecule has 0 aliphatic carbocycles. The number of aromatic amines is 1. The maximum absolute atomic E-state index is 12.3. The van der Waals surface area contributed by atoms with Gasteiger partial charge in [0.25, 0.3) is 5.56 Å². The largest absolute Gasteiger partial charge is 0.478 e. The van der Waals surface area contributed by atoms with E-state index >= 15 is 0 Å². The van der Waals surface area contributed by atoms with E-state index in [1.54, 1.807) is 12.1 Å². The summed E-state index contributed by atoms with van der Waals surface area (Å²) in [5.41, 5.74) is 1.39. The minimum atomic E-state index is -1.04. The van der Waals surface area contributed by atoms with E-state index in [9.17, 15) is 9.59 Å². The molecule has 2 heterocycles. The third-order valence-corrected chi connectivity index (χ3v) is 3.58. The molecule has 0 saturated carbocycles. The maximum atomic E-state index is 12.3. The standard InChI is InChI=1S/C16H9NO4/c18-15-13-10-3-1-2-4-12(10)21-14(13)9-6-5-8(16(19)20)7-11(9)17-15/h1-7H,(H,17,18)(H,19,20). The summed E-state index contributed by atoms with van der Waals surface area (Å²) >= 11 is 0. The van der Waals surface area contributed by atoms with E-state index in [1.807, 2.05) is 18.2 Å². The van der Waals surface area contributed by atoms with Crippen LogP contribution in [0.15, 0.2) is 51.7 Å². The van der Waals surface area contributed by atoms with Crippen LogP contribution in [0.1, 0.15) is 10.4 Å². The van der Waals surface area contributed by atoms with Gasteiger partial charge in [-0.2, -0.15) is 0 Å². The molecule has 2 aromatic carbocycles. The summed E-state index contributed by atoms with van der Waals surface area (Å²) < 4.78 is 5.78. The van der Waals surface area contributed by atoms with Crippen molar-refractivity contribution in [2.75, 3.05) is 0 Å². The molecule has 5 heteroatoms. The second-order valence-corrected chi connectivity index (χ2v) is 4.82. The average molecular weight is 279 g/mol. The number of benzene rings is 2. The quantitative estimate of drug-likeness (QED) is 0.560. The number of fused-ring (bicyclic) bond motifs is 5. The molecule has 0 radical (unpaired) electrons. The zero-order valence-corrected chi connectivity index (χ0v) is 10.7. The van der Waals surface area contributed by atoms with Crippen molar-refractivity contribution in [2.24, 2.45) is 0 Å². The van der Waals surface area contributed by atoms with Gasteiger partial charge in [-0.15, -0.1) is 0 Å². The lowest BCUT2D eigenvalue weighted by atomic mass is 10.1. The Labute approximate surface area is 117 Å². The zero-order chi connectivity index (χ0) is 14.6. The van der Waals surface area contributed by atoms with Crippen LogP contribution in [0.4, 0.5) is 0 Å². The molecule has 4 aromatic rings. The first kappa shape index (κ1) is 11.7. The molecule has 21 heavy (non-hydrogen) atoms. The smallest absolute Gasteiger partial charge is 0.335 e. The Hall–Kier alpha value is -3.08. The van der Waals surface area contributed by atoms with Crippen molar-refractivity contribution in [3.63, 3.8) is 0 Å². The van der Waals surface area contributed by atoms with Gasteiger partial charge < -0.3 is 14.5 Å². The highest BCUT2D eigenvalue weighted by Gasteiger charge is 2.14. The summed E-state index contributed by atoms with van der Waals surface area (Å²) in [4.78, 5) is 26.0. The molecule has 0 amide bonds. The summed E-state index contributed by atoms with van der Waals surface area (Å²) in [7, 11) is 0. The van der Waals surface area contributed by atoms with Crippen molar-refractivity contribution in [3.05, 3.63) is 58.4 Å². The van der Waals surface area contributed by atoms with Crippen LogP contribution in [-0.4, -0.2) is 16.1 Å². The lowest BCUT2D eigenvalue weighted by Gasteiger charge is -2.00. The fraction of sp³-hybridized carbons (Fsp3) is 0. The van der Waals surface area contributed by atoms with Crippen LogP contribution in [-0.2, 0) is 0 Å². The normalized spacial score (nSPS) is 11.4. The SMILES string of the molecule is O=C(O)c1ccc2c(c1)[nH]c(=O)c1c3ccccc3oc21. The number of aromatic nitrogens is 1. The van der Waals surface area contributed by atoms with Gasteiger partial charge in [0.1, 0.15) is 11.2 Å². The number of furan rings is 1. The minimum absolute atomic E-state index is 0.119. The van der Waals surface area contributed by atoms with E-state index in [0.717, 1.165) is 5.39 Å². The number of rotatable bonds is 1. The predicted molar refractivity (Wildman–Crippen MR) is 78.8 cm³/mol. The number of para-hydroxylation sites is 1. The van der Waals surface area contributed by atoms with E-state index in [4.69, 9.17) is 9.52 Å². The van der Waals surface area contributed by atoms with Gasteiger partial charge in [-0.25, -0.2) is 4.79 Å². The molecule has 0 aliphatic rings. The van der Waals surface area contributed by atoms with Crippen molar-refractivity contribution in [2.45, 2.75) is 0 Å². The van der Waals surface area contributed by atoms with Gasteiger partial charge in [-0.1, -0.05) is 18.2 Å². The van der Waals surface area contributed by atoms with Crippen LogP contribution in [0.25, 0.3) is 32.8 Å². The molecule has 0 aliphatic heterocycles. The molecule has 0 fully saturated rings. The first-order chi connectivity index (χ1) is 10.1. The summed E-state index contributed by atoms with van der Waals surface area (Å²) in [5.74, 6) is -1.04.